The third kappa shape index (κ3) is 4.32. The van der Waals surface area contributed by atoms with Gasteiger partial charge in [-0.15, -0.1) is 11.3 Å². The van der Waals surface area contributed by atoms with Crippen LogP contribution in [0.4, 0.5) is 21.9 Å². The second kappa shape index (κ2) is 9.53. The van der Waals surface area contributed by atoms with Crippen molar-refractivity contribution in [2.75, 3.05) is 17.3 Å². The molecule has 1 aliphatic heterocycles. The van der Waals surface area contributed by atoms with Crippen LogP contribution in [-0.4, -0.2) is 30.1 Å². The van der Waals surface area contributed by atoms with Gasteiger partial charge in [-0.25, -0.2) is 9.78 Å². The van der Waals surface area contributed by atoms with Crippen molar-refractivity contribution in [1.82, 2.24) is 15.6 Å². The molecule has 2 aromatic carbocycles. The van der Waals surface area contributed by atoms with Gasteiger partial charge < -0.3 is 20.7 Å². The summed E-state index contributed by atoms with van der Waals surface area (Å²) < 4.78 is 5.99. The number of nitrogens with one attached hydrogen (secondary N) is 3. The molecule has 2 aromatic heterocycles. The number of carbonyl (C=O) groups excluding carboxylic acids is 1. The minimum absolute atomic E-state index is 0.205. The molecule has 8 heteroatoms. The summed E-state index contributed by atoms with van der Waals surface area (Å²) in [6.45, 7) is 6.31. The van der Waals surface area contributed by atoms with E-state index in [2.05, 4.69) is 27.5 Å². The van der Waals surface area contributed by atoms with Gasteiger partial charge in [-0.3, -0.25) is 4.90 Å². The van der Waals surface area contributed by atoms with Gasteiger partial charge in [-0.2, -0.15) is 0 Å². The van der Waals surface area contributed by atoms with Gasteiger partial charge in [-0.05, 0) is 75.2 Å². The van der Waals surface area contributed by atoms with Gasteiger partial charge in [0.1, 0.15) is 16.3 Å². The summed E-state index contributed by atoms with van der Waals surface area (Å²) in [5.74, 6) is 1.49. The standard InChI is InChI=1S/C29H29N5O2S/c1-17-15-22(36-21-7-5-4-6-8-21)11-12-23(17)34-24-13-14-31-28-25(24)26(33-29(34)35)27(37-28)18(2)32-20-10-9-19(16-20)30-3/h4-8,11-15,19-20,30,32H,2,9-10,16H2,1,3H3,(H,33,35). The van der Waals surface area contributed by atoms with Gasteiger partial charge in [0.15, 0.2) is 0 Å². The van der Waals surface area contributed by atoms with Crippen molar-refractivity contribution >= 4 is 50.3 Å². The minimum atomic E-state index is -0.205. The zero-order valence-electron chi connectivity index (χ0n) is 20.9. The Kier molecular flexibility index (Phi) is 6.06. The number of carbonyl (C=O) groups is 1. The highest BCUT2D eigenvalue weighted by Crippen LogP contribution is 2.48. The Morgan fingerprint density at radius 2 is 1.92 bits per heavy atom. The molecule has 1 saturated carbocycles. The number of thiophene rings is 1. The molecule has 3 heterocycles. The Morgan fingerprint density at radius 3 is 2.68 bits per heavy atom. The number of anilines is 3. The van der Waals surface area contributed by atoms with Gasteiger partial charge in [-0.1, -0.05) is 24.8 Å². The summed E-state index contributed by atoms with van der Waals surface area (Å²) in [5.41, 5.74) is 4.16. The summed E-state index contributed by atoms with van der Waals surface area (Å²) in [6.07, 6.45) is 5.06. The highest BCUT2D eigenvalue weighted by atomic mass is 32.1. The second-order valence-electron chi connectivity index (χ2n) is 9.56. The molecule has 0 spiro atoms. The summed E-state index contributed by atoms with van der Waals surface area (Å²) in [7, 11) is 2.01. The summed E-state index contributed by atoms with van der Waals surface area (Å²) in [6, 6.07) is 18.0. The fourth-order valence-electron chi connectivity index (χ4n) is 5.29. The van der Waals surface area contributed by atoms with Crippen LogP contribution in [-0.2, 0) is 0 Å². The lowest BCUT2D eigenvalue weighted by atomic mass is 10.1. The Bertz CT molecular complexity index is 1500. The molecule has 1 fully saturated rings. The Morgan fingerprint density at radius 1 is 1.11 bits per heavy atom. The first-order valence-electron chi connectivity index (χ1n) is 12.5. The van der Waals surface area contributed by atoms with E-state index >= 15 is 0 Å². The van der Waals surface area contributed by atoms with Crippen molar-refractivity contribution in [3.8, 4) is 11.5 Å². The zero-order valence-corrected chi connectivity index (χ0v) is 21.7. The SMILES string of the molecule is C=C(NC1CCC(NC)C1)c1sc2nccc3c2c1NC(=O)N3c1ccc(Oc2ccccc2)cc1C. The van der Waals surface area contributed by atoms with Crippen LogP contribution in [0.15, 0.2) is 67.4 Å². The van der Waals surface area contributed by atoms with Gasteiger partial charge >= 0.3 is 6.03 Å². The van der Waals surface area contributed by atoms with Crippen LogP contribution in [0.2, 0.25) is 0 Å². The number of para-hydroxylation sites is 1. The van der Waals surface area contributed by atoms with Crippen molar-refractivity contribution in [2.24, 2.45) is 0 Å². The molecular weight excluding hydrogens is 482 g/mol. The summed E-state index contributed by atoms with van der Waals surface area (Å²) in [4.78, 5) is 21.7. The molecule has 188 valence electrons. The third-order valence-electron chi connectivity index (χ3n) is 7.13. The average Bonchev–Trinajstić information content (AvgIpc) is 3.51. The van der Waals surface area contributed by atoms with Crippen molar-refractivity contribution in [2.45, 2.75) is 38.3 Å². The normalized spacial score (nSPS) is 18.6. The number of amides is 2. The smallest absolute Gasteiger partial charge is 0.331 e. The van der Waals surface area contributed by atoms with E-state index in [9.17, 15) is 4.79 Å². The highest BCUT2D eigenvalue weighted by molar-refractivity contribution is 7.20. The van der Waals surface area contributed by atoms with Crippen molar-refractivity contribution in [3.63, 3.8) is 0 Å². The number of urea groups is 1. The van der Waals surface area contributed by atoms with Crippen LogP contribution in [0.3, 0.4) is 0 Å². The molecule has 0 saturated heterocycles. The van der Waals surface area contributed by atoms with Crippen LogP contribution in [0.25, 0.3) is 15.9 Å². The molecule has 7 nitrogen and oxygen atoms in total. The van der Waals surface area contributed by atoms with E-state index in [-0.39, 0.29) is 6.03 Å². The molecule has 4 aromatic rings. The molecule has 2 unspecified atom stereocenters. The van der Waals surface area contributed by atoms with E-state index in [0.717, 1.165) is 74.2 Å². The molecule has 1 aliphatic carbocycles. The topological polar surface area (TPSA) is 78.5 Å². The van der Waals surface area contributed by atoms with Crippen LogP contribution < -0.4 is 25.6 Å². The molecule has 0 radical (unpaired) electrons. The predicted molar refractivity (Wildman–Crippen MR) is 151 cm³/mol. The third-order valence-corrected chi connectivity index (χ3v) is 8.28. The van der Waals surface area contributed by atoms with Crippen molar-refractivity contribution < 1.29 is 9.53 Å². The number of aryl methyl sites for hydroxylation is 1. The molecular formula is C29H29N5O2S. The molecule has 3 N–H and O–H groups in total. The van der Waals surface area contributed by atoms with E-state index in [1.807, 2.05) is 68.6 Å². The lowest BCUT2D eigenvalue weighted by Gasteiger charge is -2.30. The first-order valence-corrected chi connectivity index (χ1v) is 13.3. The van der Waals surface area contributed by atoms with E-state index in [1.54, 1.807) is 22.4 Å². The first kappa shape index (κ1) is 23.5. The Labute approximate surface area is 220 Å². The second-order valence-corrected chi connectivity index (χ2v) is 10.6. The number of aromatic nitrogens is 1. The minimum Gasteiger partial charge on any atom is -0.457 e. The highest BCUT2D eigenvalue weighted by Gasteiger charge is 2.33. The van der Waals surface area contributed by atoms with Gasteiger partial charge in [0, 0.05) is 24.0 Å². The van der Waals surface area contributed by atoms with E-state index in [1.165, 1.54) is 0 Å². The maximum Gasteiger partial charge on any atom is 0.331 e. The van der Waals surface area contributed by atoms with Crippen LogP contribution in [0.5, 0.6) is 11.5 Å². The monoisotopic (exact) mass is 511 g/mol. The molecule has 6 rings (SSSR count). The fraction of sp³-hybridized carbons (Fsp3) is 0.241. The number of hydrogen-bond acceptors (Lipinski definition) is 6. The van der Waals surface area contributed by atoms with Gasteiger partial charge in [0.25, 0.3) is 0 Å². The number of rotatable bonds is 7. The quantitative estimate of drug-likeness (QED) is 0.255. The number of benzene rings is 2. The molecule has 2 aliphatic rings. The molecule has 2 amide bonds. The predicted octanol–water partition coefficient (Wildman–Crippen LogP) is 6.78. The number of ether oxygens (including phenoxy) is 1. The van der Waals surface area contributed by atoms with Gasteiger partial charge in [0.05, 0.1) is 27.3 Å². The van der Waals surface area contributed by atoms with E-state index in [0.29, 0.717) is 12.1 Å². The van der Waals surface area contributed by atoms with E-state index in [4.69, 9.17) is 4.74 Å². The van der Waals surface area contributed by atoms with Gasteiger partial charge in [0.2, 0.25) is 0 Å². The summed E-state index contributed by atoms with van der Waals surface area (Å²) in [5, 5.41) is 11.0. The fourth-order valence-corrected chi connectivity index (χ4v) is 6.34. The Hall–Kier alpha value is -3.88. The largest absolute Gasteiger partial charge is 0.457 e. The van der Waals surface area contributed by atoms with Crippen LogP contribution in [0.1, 0.15) is 29.7 Å². The Balaban J connectivity index is 1.32. The van der Waals surface area contributed by atoms with Crippen LogP contribution in [0, 0.1) is 6.92 Å². The molecule has 0 bridgehead atoms. The van der Waals surface area contributed by atoms with Crippen molar-refractivity contribution in [3.05, 3.63) is 77.8 Å². The van der Waals surface area contributed by atoms with E-state index < -0.39 is 0 Å². The zero-order chi connectivity index (χ0) is 25.5. The number of nitrogens with zero attached hydrogens (tertiary/aromatic N) is 2. The van der Waals surface area contributed by atoms with Crippen LogP contribution >= 0.6 is 11.3 Å². The summed E-state index contributed by atoms with van der Waals surface area (Å²) >= 11 is 1.56. The first-order chi connectivity index (χ1) is 18.0. The maximum atomic E-state index is 13.5. The molecule has 37 heavy (non-hydrogen) atoms. The number of pyridine rings is 1. The lowest BCUT2D eigenvalue weighted by Crippen LogP contribution is -2.34. The lowest BCUT2D eigenvalue weighted by molar-refractivity contribution is 0.259. The van der Waals surface area contributed by atoms with Crippen molar-refractivity contribution in [1.29, 1.82) is 0 Å². The molecule has 2 atom stereocenters. The average molecular weight is 512 g/mol. The number of hydrogen-bond donors (Lipinski definition) is 3. The maximum absolute atomic E-state index is 13.5.